The van der Waals surface area contributed by atoms with Gasteiger partial charge >= 0.3 is 5.97 Å². The topological polar surface area (TPSA) is 37.3 Å². The predicted octanol–water partition coefficient (Wildman–Crippen LogP) is 2.98. The Morgan fingerprint density at radius 3 is 1.94 bits per heavy atom. The van der Waals surface area contributed by atoms with Gasteiger partial charge in [-0.05, 0) is 16.7 Å². The van der Waals surface area contributed by atoms with Crippen LogP contribution in [0.5, 0.6) is 0 Å². The molecule has 0 heterocycles. The van der Waals surface area contributed by atoms with Crippen LogP contribution >= 0.6 is 0 Å². The molecule has 0 fully saturated rings. The molecule has 0 saturated carbocycles. The van der Waals surface area contributed by atoms with Crippen molar-refractivity contribution in [1.29, 1.82) is 0 Å². The molecule has 2 rings (SSSR count). The zero-order valence-corrected chi connectivity index (χ0v) is 12.4. The van der Waals surface area contributed by atoms with E-state index in [9.17, 15) is 4.79 Å². The van der Waals surface area contributed by atoms with Crippen molar-refractivity contribution in [2.75, 3.05) is 0 Å². The molecule has 0 atom stereocenters. The van der Waals surface area contributed by atoms with E-state index in [1.54, 1.807) is 0 Å². The van der Waals surface area contributed by atoms with Gasteiger partial charge in [0.25, 0.3) is 0 Å². The monoisotopic (exact) mass is 276 g/mol. The predicted molar refractivity (Wildman–Crippen MR) is 63.2 cm³/mol. The van der Waals surface area contributed by atoms with Crippen molar-refractivity contribution in [1.82, 2.24) is 0 Å². The van der Waals surface area contributed by atoms with E-state index in [1.807, 2.05) is 54.6 Å². The number of carboxylic acids is 1. The second-order valence-corrected chi connectivity index (χ2v) is 3.63. The smallest absolute Gasteiger partial charge is 0.307 e. The van der Waals surface area contributed by atoms with Crippen LogP contribution < -0.4 is 0 Å². The van der Waals surface area contributed by atoms with Gasteiger partial charge in [-0.15, -0.1) is 0 Å². The van der Waals surface area contributed by atoms with Crippen molar-refractivity contribution in [2.24, 2.45) is 0 Å². The van der Waals surface area contributed by atoms with E-state index < -0.39 is 5.97 Å². The Kier molecular flexibility index (Phi) is 5.05. The first kappa shape index (κ1) is 13.6. The number of carboxylic acid groups (broad SMARTS) is 1. The van der Waals surface area contributed by atoms with Gasteiger partial charge in [-0.25, -0.2) is 0 Å². The van der Waals surface area contributed by atoms with Crippen molar-refractivity contribution in [2.45, 2.75) is 6.42 Å². The molecule has 17 heavy (non-hydrogen) atoms. The minimum absolute atomic E-state index is 0. The molecular weight excluding hydrogens is 266 g/mol. The second kappa shape index (κ2) is 6.31. The third kappa shape index (κ3) is 3.79. The Hall–Kier alpha value is -1.47. The summed E-state index contributed by atoms with van der Waals surface area (Å²) in [5.74, 6) is -0.799. The summed E-state index contributed by atoms with van der Waals surface area (Å²) in [5, 5.41) is 8.65. The van der Waals surface area contributed by atoms with Gasteiger partial charge in [0.15, 0.2) is 0 Å². The molecule has 3 heteroatoms. The fraction of sp³-hybridized carbons (Fsp3) is 0.0714. The van der Waals surface area contributed by atoms with Crippen LogP contribution in [0.15, 0.2) is 54.6 Å². The van der Waals surface area contributed by atoms with E-state index in [0.717, 1.165) is 16.7 Å². The van der Waals surface area contributed by atoms with Crippen LogP contribution in [-0.4, -0.2) is 11.1 Å². The molecule has 0 aliphatic carbocycles. The summed E-state index contributed by atoms with van der Waals surface area (Å²) in [7, 11) is 0. The molecule has 0 aliphatic heterocycles. The molecule has 0 spiro atoms. The van der Waals surface area contributed by atoms with Crippen LogP contribution in [0.4, 0.5) is 0 Å². The van der Waals surface area contributed by atoms with Gasteiger partial charge in [0.05, 0.1) is 6.42 Å². The summed E-state index contributed by atoms with van der Waals surface area (Å²) >= 11 is 0. The molecule has 2 aromatic rings. The molecule has 0 aromatic heterocycles. The standard InChI is InChI=1S/C14H12O2.Zn/c15-14(16)10-11-6-8-13(9-7-11)12-4-2-1-3-5-12;/h1-9H,10H2,(H,15,16);. The molecule has 0 amide bonds. The summed E-state index contributed by atoms with van der Waals surface area (Å²) in [4.78, 5) is 10.5. The Labute approximate surface area is 113 Å². The molecule has 2 nitrogen and oxygen atoms in total. The summed E-state index contributed by atoms with van der Waals surface area (Å²) in [5.41, 5.74) is 3.08. The van der Waals surface area contributed by atoms with E-state index in [0.29, 0.717) is 0 Å². The molecule has 0 bridgehead atoms. The number of hydrogen-bond acceptors (Lipinski definition) is 1. The maximum absolute atomic E-state index is 10.5. The Morgan fingerprint density at radius 2 is 1.41 bits per heavy atom. The molecule has 0 saturated heterocycles. The maximum Gasteiger partial charge on any atom is 0.307 e. The number of rotatable bonds is 3. The molecular formula is C14H12O2Zn. The van der Waals surface area contributed by atoms with Crippen LogP contribution in [0, 0.1) is 0 Å². The average Bonchev–Trinajstić information content (AvgIpc) is 2.30. The third-order valence-corrected chi connectivity index (χ3v) is 2.42. The van der Waals surface area contributed by atoms with E-state index in [4.69, 9.17) is 5.11 Å². The van der Waals surface area contributed by atoms with Gasteiger partial charge in [-0.3, -0.25) is 4.79 Å². The van der Waals surface area contributed by atoms with Crippen molar-refractivity contribution in [3.05, 3.63) is 60.2 Å². The van der Waals surface area contributed by atoms with E-state index >= 15 is 0 Å². The minimum atomic E-state index is -0.799. The average molecular weight is 278 g/mol. The van der Waals surface area contributed by atoms with Crippen LogP contribution in [0.2, 0.25) is 0 Å². The van der Waals surface area contributed by atoms with Crippen LogP contribution in [0.25, 0.3) is 11.1 Å². The summed E-state index contributed by atoms with van der Waals surface area (Å²) in [6, 6.07) is 17.6. The summed E-state index contributed by atoms with van der Waals surface area (Å²) in [6.45, 7) is 0. The quantitative estimate of drug-likeness (QED) is 0.876. The molecule has 0 radical (unpaired) electrons. The van der Waals surface area contributed by atoms with Crippen LogP contribution in [0.1, 0.15) is 5.56 Å². The Bertz CT molecular complexity index is 477. The zero-order chi connectivity index (χ0) is 11.4. The fourth-order valence-electron chi connectivity index (χ4n) is 1.62. The third-order valence-electron chi connectivity index (χ3n) is 2.42. The van der Waals surface area contributed by atoms with Gasteiger partial charge < -0.3 is 5.11 Å². The Balaban J connectivity index is 0.00000144. The van der Waals surface area contributed by atoms with Gasteiger partial charge in [0.2, 0.25) is 0 Å². The first-order chi connectivity index (χ1) is 7.75. The number of carbonyl (C=O) groups is 1. The largest absolute Gasteiger partial charge is 0.481 e. The molecule has 82 valence electrons. The first-order valence-corrected chi connectivity index (χ1v) is 5.12. The first-order valence-electron chi connectivity index (χ1n) is 5.12. The normalized spacial score (nSPS) is 9.41. The second-order valence-electron chi connectivity index (χ2n) is 3.63. The van der Waals surface area contributed by atoms with Gasteiger partial charge in [0.1, 0.15) is 0 Å². The van der Waals surface area contributed by atoms with Crippen molar-refractivity contribution in [3.8, 4) is 11.1 Å². The van der Waals surface area contributed by atoms with E-state index in [-0.39, 0.29) is 25.9 Å². The Morgan fingerprint density at radius 1 is 0.882 bits per heavy atom. The van der Waals surface area contributed by atoms with Crippen molar-refractivity contribution in [3.63, 3.8) is 0 Å². The molecule has 2 aromatic carbocycles. The van der Waals surface area contributed by atoms with Crippen molar-refractivity contribution < 1.29 is 29.4 Å². The minimum Gasteiger partial charge on any atom is -0.481 e. The zero-order valence-electron chi connectivity index (χ0n) is 9.47. The fourth-order valence-corrected chi connectivity index (χ4v) is 1.62. The van der Waals surface area contributed by atoms with Crippen molar-refractivity contribution >= 4 is 5.97 Å². The summed E-state index contributed by atoms with van der Waals surface area (Å²) in [6.07, 6.45) is 0.0784. The van der Waals surface area contributed by atoms with Gasteiger partial charge in [0, 0.05) is 19.5 Å². The van der Waals surface area contributed by atoms with E-state index in [2.05, 4.69) is 0 Å². The van der Waals surface area contributed by atoms with Gasteiger partial charge in [-0.1, -0.05) is 54.6 Å². The number of aliphatic carboxylic acids is 1. The molecule has 0 aliphatic rings. The van der Waals surface area contributed by atoms with E-state index in [1.165, 1.54) is 0 Å². The SMILES string of the molecule is O=C(O)Cc1ccc(-c2ccccc2)cc1.[Zn]. The van der Waals surface area contributed by atoms with Crippen LogP contribution in [0.3, 0.4) is 0 Å². The van der Waals surface area contributed by atoms with Gasteiger partial charge in [-0.2, -0.15) is 0 Å². The van der Waals surface area contributed by atoms with Crippen LogP contribution in [-0.2, 0) is 30.7 Å². The number of hydrogen-bond donors (Lipinski definition) is 1. The molecule has 0 unspecified atom stereocenters. The number of benzene rings is 2. The molecule has 1 N–H and O–H groups in total. The maximum atomic E-state index is 10.5. The summed E-state index contributed by atoms with van der Waals surface area (Å²) < 4.78 is 0.